The molecule has 0 radical (unpaired) electrons. The van der Waals surface area contributed by atoms with Gasteiger partial charge in [0.15, 0.2) is 0 Å². The molecule has 1 aliphatic heterocycles. The Morgan fingerprint density at radius 2 is 1.77 bits per heavy atom. The summed E-state index contributed by atoms with van der Waals surface area (Å²) >= 11 is 0. The lowest BCUT2D eigenvalue weighted by Gasteiger charge is -2.20. The van der Waals surface area contributed by atoms with Crippen LogP contribution in [0.1, 0.15) is 5.56 Å². The van der Waals surface area contributed by atoms with Crippen LogP contribution in [-0.2, 0) is 15.3 Å². The van der Waals surface area contributed by atoms with Gasteiger partial charge in [-0.3, -0.25) is 0 Å². The maximum absolute atomic E-state index is 5.42. The highest BCUT2D eigenvalue weighted by Gasteiger charge is 2.36. The van der Waals surface area contributed by atoms with E-state index < -0.39 is 5.79 Å². The Balaban J connectivity index is 2.38. The van der Waals surface area contributed by atoms with Gasteiger partial charge in [-0.2, -0.15) is 0 Å². The molecule has 0 N–H and O–H groups in total. The summed E-state index contributed by atoms with van der Waals surface area (Å²) in [5.41, 5.74) is 0.884. The summed E-state index contributed by atoms with van der Waals surface area (Å²) in [5.74, 6) is 1.61. The minimum atomic E-state index is -0.943. The van der Waals surface area contributed by atoms with Gasteiger partial charge in [-0.1, -0.05) is 30.3 Å². The molecule has 2 rings (SSSR count). The molecule has 1 fully saturated rings. The van der Waals surface area contributed by atoms with E-state index in [4.69, 9.17) is 15.9 Å². The molecule has 0 spiro atoms. The Kier molecular flexibility index (Phi) is 2.05. The smallest absolute Gasteiger partial charge is 0.261 e. The molecule has 0 atom stereocenters. The van der Waals surface area contributed by atoms with Crippen LogP contribution in [0.3, 0.4) is 0 Å². The van der Waals surface area contributed by atoms with Gasteiger partial charge in [0.2, 0.25) is 0 Å². The molecule has 1 aromatic carbocycles. The van der Waals surface area contributed by atoms with E-state index in [9.17, 15) is 0 Å². The van der Waals surface area contributed by atoms with Gasteiger partial charge in [0, 0.05) is 5.56 Å². The molecule has 0 unspecified atom stereocenters. The lowest BCUT2D eigenvalue weighted by atomic mass is 10.1. The van der Waals surface area contributed by atoms with Gasteiger partial charge in [0.1, 0.15) is 0 Å². The zero-order chi connectivity index (χ0) is 9.15. The Hall–Kier alpha value is -1.30. The van der Waals surface area contributed by atoms with E-state index in [1.165, 1.54) is 0 Å². The zero-order valence-corrected chi connectivity index (χ0v) is 7.19. The predicted molar refractivity (Wildman–Crippen MR) is 48.9 cm³/mol. The molecule has 0 aromatic heterocycles. The lowest BCUT2D eigenvalue weighted by Crippen LogP contribution is -2.24. The van der Waals surface area contributed by atoms with Crippen molar-refractivity contribution in [2.45, 2.75) is 5.79 Å². The second kappa shape index (κ2) is 3.21. The first-order valence-electron chi connectivity index (χ1n) is 4.18. The third-order valence-corrected chi connectivity index (χ3v) is 2.04. The van der Waals surface area contributed by atoms with Crippen molar-refractivity contribution in [2.24, 2.45) is 0 Å². The van der Waals surface area contributed by atoms with Crippen LogP contribution < -0.4 is 0 Å². The van der Waals surface area contributed by atoms with Crippen molar-refractivity contribution < 1.29 is 9.47 Å². The maximum Gasteiger partial charge on any atom is 0.261 e. The van der Waals surface area contributed by atoms with Crippen LogP contribution in [0.4, 0.5) is 0 Å². The van der Waals surface area contributed by atoms with Crippen molar-refractivity contribution in [1.29, 1.82) is 0 Å². The average Bonchev–Trinajstić information content (AvgIpc) is 2.69. The quantitative estimate of drug-likeness (QED) is 0.601. The van der Waals surface area contributed by atoms with Gasteiger partial charge < -0.3 is 9.47 Å². The number of hydrogen-bond acceptors (Lipinski definition) is 2. The standard InChI is InChI=1S/C11H10O2/c1-2-11(12-8-9-13-11)10-6-4-3-5-7-10/h1,3-7H,8-9H2. The molecule has 1 aromatic rings. The van der Waals surface area contributed by atoms with Gasteiger partial charge >= 0.3 is 0 Å². The molecule has 66 valence electrons. The number of benzene rings is 1. The number of terminal acetylenes is 1. The number of hydrogen-bond donors (Lipinski definition) is 0. The first kappa shape index (κ1) is 8.31. The highest BCUT2D eigenvalue weighted by molar-refractivity contribution is 5.28. The van der Waals surface area contributed by atoms with Crippen LogP contribution in [0.5, 0.6) is 0 Å². The third-order valence-electron chi connectivity index (χ3n) is 2.04. The van der Waals surface area contributed by atoms with Gasteiger partial charge in [-0.15, -0.1) is 6.42 Å². The van der Waals surface area contributed by atoms with Crippen molar-refractivity contribution >= 4 is 0 Å². The van der Waals surface area contributed by atoms with Crippen LogP contribution in [0.2, 0.25) is 0 Å². The van der Waals surface area contributed by atoms with Gasteiger partial charge in [0.25, 0.3) is 5.79 Å². The highest BCUT2D eigenvalue weighted by Crippen LogP contribution is 2.30. The van der Waals surface area contributed by atoms with E-state index >= 15 is 0 Å². The number of rotatable bonds is 1. The van der Waals surface area contributed by atoms with E-state index in [-0.39, 0.29) is 0 Å². The summed E-state index contributed by atoms with van der Waals surface area (Å²) in [6.45, 7) is 1.11. The van der Waals surface area contributed by atoms with E-state index in [2.05, 4.69) is 5.92 Å². The number of ether oxygens (including phenoxy) is 2. The fourth-order valence-electron chi connectivity index (χ4n) is 1.40. The largest absolute Gasteiger partial charge is 0.334 e. The normalized spacial score (nSPS) is 19.6. The minimum absolute atomic E-state index is 0.555. The Morgan fingerprint density at radius 3 is 2.31 bits per heavy atom. The predicted octanol–water partition coefficient (Wildman–Crippen LogP) is 1.52. The first-order chi connectivity index (χ1) is 6.37. The molecule has 0 amide bonds. The van der Waals surface area contributed by atoms with Gasteiger partial charge in [-0.25, -0.2) is 0 Å². The summed E-state index contributed by atoms with van der Waals surface area (Å²) in [6.07, 6.45) is 5.40. The molecular formula is C11H10O2. The first-order valence-corrected chi connectivity index (χ1v) is 4.18. The second-order valence-corrected chi connectivity index (χ2v) is 2.82. The maximum atomic E-state index is 5.42. The zero-order valence-electron chi connectivity index (χ0n) is 7.19. The molecule has 0 bridgehead atoms. The van der Waals surface area contributed by atoms with Crippen LogP contribution in [0, 0.1) is 12.3 Å². The molecule has 1 saturated heterocycles. The summed E-state index contributed by atoms with van der Waals surface area (Å²) in [7, 11) is 0. The van der Waals surface area contributed by atoms with Crippen molar-refractivity contribution in [2.75, 3.05) is 13.2 Å². The molecular weight excluding hydrogens is 164 g/mol. The fraction of sp³-hybridized carbons (Fsp3) is 0.273. The van der Waals surface area contributed by atoms with E-state index in [1.54, 1.807) is 0 Å². The Bertz CT molecular complexity index is 318. The van der Waals surface area contributed by atoms with Crippen molar-refractivity contribution in [3.05, 3.63) is 35.9 Å². The monoisotopic (exact) mass is 174 g/mol. The van der Waals surface area contributed by atoms with Crippen molar-refractivity contribution in [3.8, 4) is 12.3 Å². The molecule has 1 heterocycles. The third kappa shape index (κ3) is 1.33. The summed E-state index contributed by atoms with van der Waals surface area (Å²) in [6, 6.07) is 9.58. The summed E-state index contributed by atoms with van der Waals surface area (Å²) in [4.78, 5) is 0. The van der Waals surface area contributed by atoms with Gasteiger partial charge in [-0.05, 0) is 5.92 Å². The molecule has 1 aliphatic rings. The lowest BCUT2D eigenvalue weighted by molar-refractivity contribution is -0.114. The Labute approximate surface area is 77.5 Å². The second-order valence-electron chi connectivity index (χ2n) is 2.82. The van der Waals surface area contributed by atoms with Crippen LogP contribution in [0.15, 0.2) is 30.3 Å². The molecule has 2 heteroatoms. The summed E-state index contributed by atoms with van der Waals surface area (Å²) in [5, 5.41) is 0. The van der Waals surface area contributed by atoms with E-state index in [0.29, 0.717) is 13.2 Å². The average molecular weight is 174 g/mol. The van der Waals surface area contributed by atoms with Gasteiger partial charge in [0.05, 0.1) is 13.2 Å². The summed E-state index contributed by atoms with van der Waals surface area (Å²) < 4.78 is 10.8. The van der Waals surface area contributed by atoms with Crippen LogP contribution >= 0.6 is 0 Å². The highest BCUT2D eigenvalue weighted by atomic mass is 16.7. The SMILES string of the molecule is C#CC1(c2ccccc2)OCCO1. The van der Waals surface area contributed by atoms with Crippen LogP contribution in [-0.4, -0.2) is 13.2 Å². The topological polar surface area (TPSA) is 18.5 Å². The van der Waals surface area contributed by atoms with Crippen molar-refractivity contribution in [3.63, 3.8) is 0 Å². The van der Waals surface area contributed by atoms with E-state index in [1.807, 2.05) is 30.3 Å². The molecule has 2 nitrogen and oxygen atoms in total. The molecule has 0 saturated carbocycles. The molecule has 0 aliphatic carbocycles. The van der Waals surface area contributed by atoms with Crippen LogP contribution in [0.25, 0.3) is 0 Å². The fourth-order valence-corrected chi connectivity index (χ4v) is 1.40. The van der Waals surface area contributed by atoms with E-state index in [0.717, 1.165) is 5.56 Å². The Morgan fingerprint density at radius 1 is 1.15 bits per heavy atom. The molecule has 13 heavy (non-hydrogen) atoms. The minimum Gasteiger partial charge on any atom is -0.334 e. The van der Waals surface area contributed by atoms with Crippen molar-refractivity contribution in [1.82, 2.24) is 0 Å².